The van der Waals surface area contributed by atoms with Gasteiger partial charge in [0, 0.05) is 25.2 Å². The van der Waals surface area contributed by atoms with E-state index in [4.69, 9.17) is 9.47 Å². The van der Waals surface area contributed by atoms with E-state index in [0.29, 0.717) is 35.7 Å². The fourth-order valence-corrected chi connectivity index (χ4v) is 6.68. The number of amides is 1. The summed E-state index contributed by atoms with van der Waals surface area (Å²) in [5, 5.41) is 3.03. The first kappa shape index (κ1) is 27.2. The zero-order chi connectivity index (χ0) is 26.5. The molecule has 0 atom stereocenters. The summed E-state index contributed by atoms with van der Waals surface area (Å²) in [5.41, 5.74) is 2.28. The maximum Gasteiger partial charge on any atom is 0.264 e. The summed E-state index contributed by atoms with van der Waals surface area (Å²) in [6.07, 6.45) is 1.55. The second-order valence-corrected chi connectivity index (χ2v) is 11.9. The van der Waals surface area contributed by atoms with E-state index >= 15 is 0 Å². The van der Waals surface area contributed by atoms with Gasteiger partial charge in [-0.25, -0.2) is 8.42 Å². The first-order valence-corrected chi connectivity index (χ1v) is 14.3. The van der Waals surface area contributed by atoms with Crippen molar-refractivity contribution >= 4 is 37.5 Å². The summed E-state index contributed by atoms with van der Waals surface area (Å²) in [4.78, 5) is 13.3. The molecule has 9 heteroatoms. The number of methoxy groups -OCH3 is 1. The molecule has 3 aromatic rings. The normalized spacial score (nSPS) is 15.1. The van der Waals surface area contributed by atoms with Gasteiger partial charge in [-0.2, -0.15) is 0 Å². The lowest BCUT2D eigenvalue weighted by Crippen LogP contribution is -2.48. The monoisotopic (exact) mass is 586 g/mol. The van der Waals surface area contributed by atoms with Crippen LogP contribution in [0.2, 0.25) is 0 Å². The van der Waals surface area contributed by atoms with Crippen LogP contribution < -0.4 is 14.4 Å². The molecule has 1 saturated heterocycles. The number of aryl methyl sites for hydroxylation is 1. The number of ether oxygens (including phenoxy) is 2. The molecule has 1 heterocycles. The number of hydrogen-bond acceptors (Lipinski definition) is 5. The third-order valence-corrected chi connectivity index (χ3v) is 9.17. The minimum absolute atomic E-state index is 0.0544. The van der Waals surface area contributed by atoms with Crippen LogP contribution in [0.15, 0.2) is 82.2 Å². The van der Waals surface area contributed by atoms with E-state index in [1.54, 1.807) is 18.2 Å². The highest BCUT2D eigenvalue weighted by Gasteiger charge is 2.35. The van der Waals surface area contributed by atoms with E-state index in [1.165, 1.54) is 19.2 Å². The molecular weight excluding hydrogens is 556 g/mol. The van der Waals surface area contributed by atoms with Crippen molar-refractivity contribution in [2.45, 2.75) is 30.1 Å². The molecular formula is C28H31BrN2O5S. The van der Waals surface area contributed by atoms with Crippen molar-refractivity contribution in [3.05, 3.63) is 88.4 Å². The van der Waals surface area contributed by atoms with E-state index in [2.05, 4.69) is 33.4 Å². The molecule has 1 amide bonds. The van der Waals surface area contributed by atoms with Gasteiger partial charge in [-0.05, 0) is 71.6 Å². The van der Waals surface area contributed by atoms with Crippen molar-refractivity contribution in [2.75, 3.05) is 37.7 Å². The van der Waals surface area contributed by atoms with Gasteiger partial charge in [-0.15, -0.1) is 0 Å². The van der Waals surface area contributed by atoms with Gasteiger partial charge in [0.1, 0.15) is 12.3 Å². The Balaban J connectivity index is 1.60. The number of carbonyl (C=O) groups excluding carboxylic acids is 1. The van der Waals surface area contributed by atoms with Crippen molar-refractivity contribution in [1.29, 1.82) is 0 Å². The molecule has 1 fully saturated rings. The van der Waals surface area contributed by atoms with E-state index in [0.717, 1.165) is 28.3 Å². The Hall–Kier alpha value is -2.88. The predicted octanol–water partition coefficient (Wildman–Crippen LogP) is 4.83. The fourth-order valence-electron chi connectivity index (χ4n) is 4.54. The van der Waals surface area contributed by atoms with Gasteiger partial charge < -0.3 is 14.8 Å². The van der Waals surface area contributed by atoms with E-state index < -0.39 is 10.0 Å². The van der Waals surface area contributed by atoms with Gasteiger partial charge in [-0.1, -0.05) is 48.0 Å². The second kappa shape index (κ2) is 11.7. The van der Waals surface area contributed by atoms with Crippen LogP contribution >= 0.6 is 15.9 Å². The summed E-state index contributed by atoms with van der Waals surface area (Å²) in [6.45, 7) is 3.19. The second-order valence-electron chi connectivity index (χ2n) is 9.18. The van der Waals surface area contributed by atoms with Crippen LogP contribution in [0.4, 0.5) is 5.69 Å². The van der Waals surface area contributed by atoms with Crippen molar-refractivity contribution in [3.63, 3.8) is 0 Å². The number of halogens is 1. The standard InChI is InChI=1S/C28H31BrN2O5S/c1-21-8-10-23(11-9-21)31(37(33,34)24-12-13-26(35-2)25(29)18-24)19-27(32)30-20-28(14-16-36-17-15-28)22-6-4-3-5-7-22/h3-13,18H,14-17,19-20H2,1-2H3,(H,30,32). The fraction of sp³-hybridized carbons (Fsp3) is 0.321. The van der Waals surface area contributed by atoms with Gasteiger partial charge in [0.2, 0.25) is 5.91 Å². The highest BCUT2D eigenvalue weighted by molar-refractivity contribution is 9.10. The predicted molar refractivity (Wildman–Crippen MR) is 148 cm³/mol. The van der Waals surface area contributed by atoms with Crippen LogP contribution in [0.3, 0.4) is 0 Å². The quantitative estimate of drug-likeness (QED) is 0.388. The topological polar surface area (TPSA) is 84.9 Å². The molecule has 1 aliphatic rings. The summed E-state index contributed by atoms with van der Waals surface area (Å²) in [6, 6.07) is 21.7. The molecule has 4 rings (SSSR count). The van der Waals surface area contributed by atoms with Crippen molar-refractivity contribution in [1.82, 2.24) is 5.32 Å². The number of benzene rings is 3. The van der Waals surface area contributed by atoms with Crippen molar-refractivity contribution in [3.8, 4) is 5.75 Å². The van der Waals surface area contributed by atoms with Crippen molar-refractivity contribution < 1.29 is 22.7 Å². The van der Waals surface area contributed by atoms with E-state index in [-0.39, 0.29) is 22.8 Å². The van der Waals surface area contributed by atoms with E-state index in [9.17, 15) is 13.2 Å². The lowest BCUT2D eigenvalue weighted by atomic mass is 9.74. The number of carbonyl (C=O) groups is 1. The Morgan fingerprint density at radius 2 is 1.73 bits per heavy atom. The lowest BCUT2D eigenvalue weighted by molar-refractivity contribution is -0.120. The minimum Gasteiger partial charge on any atom is -0.496 e. The number of rotatable bonds is 9. The molecule has 0 aliphatic carbocycles. The molecule has 37 heavy (non-hydrogen) atoms. The molecule has 1 aliphatic heterocycles. The number of nitrogens with zero attached hydrogens (tertiary/aromatic N) is 1. The number of sulfonamides is 1. The Morgan fingerprint density at radius 3 is 2.35 bits per heavy atom. The zero-order valence-corrected chi connectivity index (χ0v) is 23.3. The van der Waals surface area contributed by atoms with Gasteiger partial charge in [0.05, 0.1) is 22.2 Å². The molecule has 0 aromatic heterocycles. The third-order valence-electron chi connectivity index (χ3n) is 6.78. The largest absolute Gasteiger partial charge is 0.496 e. The van der Waals surface area contributed by atoms with Crippen LogP contribution in [0.1, 0.15) is 24.0 Å². The Bertz CT molecular complexity index is 1320. The molecule has 0 saturated carbocycles. The molecule has 0 radical (unpaired) electrons. The first-order valence-electron chi connectivity index (χ1n) is 12.1. The van der Waals surface area contributed by atoms with Crippen LogP contribution in [-0.2, 0) is 25.0 Å². The molecule has 7 nitrogen and oxygen atoms in total. The van der Waals surface area contributed by atoms with Gasteiger partial charge in [0.25, 0.3) is 10.0 Å². The Labute approximate surface area is 227 Å². The molecule has 0 unspecified atom stereocenters. The van der Waals surface area contributed by atoms with Crippen LogP contribution in [-0.4, -0.2) is 47.7 Å². The lowest BCUT2D eigenvalue weighted by Gasteiger charge is -2.38. The summed E-state index contributed by atoms with van der Waals surface area (Å²) < 4.78 is 40.0. The minimum atomic E-state index is -4.05. The number of hydrogen-bond donors (Lipinski definition) is 1. The summed E-state index contributed by atoms with van der Waals surface area (Å²) >= 11 is 3.37. The van der Waals surface area contributed by atoms with Crippen molar-refractivity contribution in [2.24, 2.45) is 0 Å². The molecule has 3 aromatic carbocycles. The van der Waals surface area contributed by atoms with Gasteiger partial charge in [0.15, 0.2) is 0 Å². The average Bonchev–Trinajstić information content (AvgIpc) is 2.92. The smallest absolute Gasteiger partial charge is 0.264 e. The maximum atomic E-state index is 13.8. The zero-order valence-electron chi connectivity index (χ0n) is 20.9. The highest BCUT2D eigenvalue weighted by Crippen LogP contribution is 2.34. The average molecular weight is 588 g/mol. The summed E-state index contributed by atoms with van der Waals surface area (Å²) in [7, 11) is -2.54. The summed E-state index contributed by atoms with van der Waals surface area (Å²) in [5.74, 6) is 0.139. The molecule has 0 spiro atoms. The Morgan fingerprint density at radius 1 is 1.05 bits per heavy atom. The SMILES string of the molecule is COc1ccc(S(=O)(=O)N(CC(=O)NCC2(c3ccccc3)CCOCC2)c2ccc(C)cc2)cc1Br. The van der Waals surface area contributed by atoms with Crippen LogP contribution in [0, 0.1) is 6.92 Å². The molecule has 1 N–H and O–H groups in total. The Kier molecular flexibility index (Phi) is 8.56. The number of nitrogens with one attached hydrogen (secondary N) is 1. The van der Waals surface area contributed by atoms with Gasteiger partial charge in [-0.3, -0.25) is 9.10 Å². The number of anilines is 1. The first-order chi connectivity index (χ1) is 17.7. The third kappa shape index (κ3) is 6.17. The van der Waals surface area contributed by atoms with Crippen LogP contribution in [0.5, 0.6) is 5.75 Å². The maximum absolute atomic E-state index is 13.8. The highest BCUT2D eigenvalue weighted by atomic mass is 79.9. The van der Waals surface area contributed by atoms with Gasteiger partial charge >= 0.3 is 0 Å². The van der Waals surface area contributed by atoms with E-state index in [1.807, 2.05) is 37.3 Å². The van der Waals surface area contributed by atoms with Crippen LogP contribution in [0.25, 0.3) is 0 Å². The molecule has 196 valence electrons. The molecule has 0 bridgehead atoms.